The van der Waals surface area contributed by atoms with E-state index in [2.05, 4.69) is 29.7 Å². The molecule has 10 nitrogen and oxygen atoms in total. The van der Waals surface area contributed by atoms with Gasteiger partial charge in [-0.15, -0.1) is 12.4 Å². The first-order chi connectivity index (χ1) is 15.2. The van der Waals surface area contributed by atoms with Crippen molar-refractivity contribution in [3.05, 3.63) is 54.7 Å². The molecule has 32 heavy (non-hydrogen) atoms. The lowest BCUT2D eigenvalue weighted by Crippen LogP contribution is -2.05. The molecule has 1 atom stereocenters. The average Bonchev–Trinajstić information content (AvgIpc) is 3.45. The molecule has 0 aliphatic rings. The summed E-state index contributed by atoms with van der Waals surface area (Å²) in [7, 11) is 0. The molecule has 168 valence electrons. The number of anilines is 2. The van der Waals surface area contributed by atoms with Crippen LogP contribution in [0.2, 0.25) is 0 Å². The summed E-state index contributed by atoms with van der Waals surface area (Å²) < 4.78 is 11.9. The van der Waals surface area contributed by atoms with E-state index in [1.165, 1.54) is 11.8 Å². The normalized spacial score (nSPS) is 11.6. The van der Waals surface area contributed by atoms with Crippen molar-refractivity contribution in [2.24, 2.45) is 0 Å². The van der Waals surface area contributed by atoms with Crippen molar-refractivity contribution in [3.8, 4) is 11.6 Å². The lowest BCUT2D eigenvalue weighted by atomic mass is 10.4. The Hall–Kier alpha value is -2.77. The Morgan fingerprint density at radius 3 is 2.88 bits per heavy atom. The molecule has 3 N–H and O–H groups in total. The summed E-state index contributed by atoms with van der Waals surface area (Å²) in [5.74, 6) is 1.61. The number of pyridine rings is 2. The Morgan fingerprint density at radius 1 is 1.25 bits per heavy atom. The van der Waals surface area contributed by atoms with E-state index in [1.807, 2.05) is 31.2 Å². The number of hydrogen-bond donors (Lipinski definition) is 3. The highest BCUT2D eigenvalue weighted by Gasteiger charge is 2.16. The van der Waals surface area contributed by atoms with E-state index in [0.717, 1.165) is 21.5 Å². The summed E-state index contributed by atoms with van der Waals surface area (Å²) in [4.78, 5) is 13.9. The number of hydrogen-bond acceptors (Lipinski definition) is 11. The van der Waals surface area contributed by atoms with Gasteiger partial charge < -0.3 is 20.3 Å². The van der Waals surface area contributed by atoms with Gasteiger partial charge in [0.2, 0.25) is 11.0 Å². The summed E-state index contributed by atoms with van der Waals surface area (Å²) in [6.07, 6.45) is 3.97. The van der Waals surface area contributed by atoms with Crippen molar-refractivity contribution in [2.45, 2.75) is 29.5 Å². The molecule has 0 spiro atoms. The van der Waals surface area contributed by atoms with Crippen LogP contribution in [0.5, 0.6) is 11.6 Å². The third-order valence-electron chi connectivity index (χ3n) is 4.02. The van der Waals surface area contributed by atoms with Gasteiger partial charge in [-0.25, -0.2) is 19.6 Å². The van der Waals surface area contributed by atoms with Crippen LogP contribution in [0.15, 0.2) is 58.8 Å². The Balaban J connectivity index is 0.00000289. The highest BCUT2D eigenvalue weighted by Crippen LogP contribution is 2.36. The van der Waals surface area contributed by atoms with Gasteiger partial charge in [0, 0.05) is 47.5 Å². The van der Waals surface area contributed by atoms with Crippen molar-refractivity contribution >= 4 is 46.7 Å². The molecule has 0 saturated heterocycles. The Kier molecular flexibility index (Phi) is 8.36. The van der Waals surface area contributed by atoms with E-state index in [1.54, 1.807) is 29.3 Å². The molecule has 0 bridgehead atoms. The van der Waals surface area contributed by atoms with Crippen LogP contribution < -0.4 is 10.1 Å². The van der Waals surface area contributed by atoms with E-state index in [9.17, 15) is 5.11 Å². The molecular formula is C19H20ClN7O3S2. The minimum atomic E-state index is -1.13. The maximum Gasteiger partial charge on any atom is 0.217 e. The van der Waals surface area contributed by atoms with Crippen LogP contribution in [-0.4, -0.2) is 45.9 Å². The number of ether oxygens (including phenoxy) is 1. The van der Waals surface area contributed by atoms with E-state index < -0.39 is 12.7 Å². The smallest absolute Gasteiger partial charge is 0.217 e. The zero-order valence-electron chi connectivity index (χ0n) is 16.8. The van der Waals surface area contributed by atoms with E-state index >= 15 is 0 Å². The van der Waals surface area contributed by atoms with Crippen molar-refractivity contribution in [3.63, 3.8) is 0 Å². The Bertz CT molecular complexity index is 1140. The first-order valence-electron chi connectivity index (χ1n) is 9.34. The second-order valence-electron chi connectivity index (χ2n) is 6.16. The average molecular weight is 494 g/mol. The number of aliphatic hydroxyl groups is 2. The maximum absolute atomic E-state index is 9.71. The molecule has 0 saturated carbocycles. The van der Waals surface area contributed by atoms with Gasteiger partial charge in [0.1, 0.15) is 11.1 Å². The Morgan fingerprint density at radius 2 is 2.12 bits per heavy atom. The number of aromatic nitrogens is 6. The molecule has 0 amide bonds. The molecule has 4 rings (SSSR count). The first-order valence-corrected chi connectivity index (χ1v) is 10.9. The SMILES string of the molecule is CCn1nccc1Oc1cc(Sc2ccccn2)cnc1Nc1nc(C(O)CO)ns1.Cl. The molecule has 0 radical (unpaired) electrons. The number of aliphatic hydroxyl groups excluding tert-OH is 2. The summed E-state index contributed by atoms with van der Waals surface area (Å²) in [6, 6.07) is 9.32. The number of rotatable bonds is 9. The number of nitrogens with one attached hydrogen (secondary N) is 1. The molecular weight excluding hydrogens is 474 g/mol. The zero-order valence-corrected chi connectivity index (χ0v) is 19.3. The molecule has 0 aromatic carbocycles. The largest absolute Gasteiger partial charge is 0.435 e. The van der Waals surface area contributed by atoms with Gasteiger partial charge in [-0.1, -0.05) is 17.8 Å². The van der Waals surface area contributed by atoms with Gasteiger partial charge in [-0.2, -0.15) is 9.47 Å². The summed E-state index contributed by atoms with van der Waals surface area (Å²) >= 11 is 2.51. The molecule has 1 unspecified atom stereocenters. The molecule has 4 aromatic rings. The third-order valence-corrected chi connectivity index (χ3v) is 5.57. The lowest BCUT2D eigenvalue weighted by Gasteiger charge is -2.12. The van der Waals surface area contributed by atoms with Crippen LogP contribution in [0, 0.1) is 0 Å². The molecule has 13 heteroatoms. The topological polar surface area (TPSA) is 131 Å². The molecule has 0 fully saturated rings. The fourth-order valence-corrected chi connectivity index (χ4v) is 3.94. The monoisotopic (exact) mass is 493 g/mol. The molecule has 4 aromatic heterocycles. The zero-order chi connectivity index (χ0) is 21.6. The fraction of sp³-hybridized carbons (Fsp3) is 0.211. The van der Waals surface area contributed by atoms with Crippen LogP contribution >= 0.6 is 35.7 Å². The maximum atomic E-state index is 9.71. The predicted molar refractivity (Wildman–Crippen MR) is 123 cm³/mol. The van der Waals surface area contributed by atoms with Gasteiger partial charge in [0.15, 0.2) is 17.4 Å². The minimum absolute atomic E-state index is 0. The van der Waals surface area contributed by atoms with Crippen LogP contribution in [0.4, 0.5) is 10.9 Å². The molecule has 0 aliphatic heterocycles. The first kappa shape index (κ1) is 23.9. The van der Waals surface area contributed by atoms with Crippen LogP contribution in [0.1, 0.15) is 18.9 Å². The van der Waals surface area contributed by atoms with E-state index in [0.29, 0.717) is 29.1 Å². The molecule has 4 heterocycles. The number of aryl methyl sites for hydroxylation is 1. The number of halogens is 1. The second kappa shape index (κ2) is 11.2. The highest BCUT2D eigenvalue weighted by atomic mass is 35.5. The van der Waals surface area contributed by atoms with E-state index in [-0.39, 0.29) is 18.2 Å². The quantitative estimate of drug-likeness (QED) is 0.317. The summed E-state index contributed by atoms with van der Waals surface area (Å²) in [5, 5.41) is 27.3. The van der Waals surface area contributed by atoms with Crippen molar-refractivity contribution in [2.75, 3.05) is 11.9 Å². The number of nitrogens with zero attached hydrogens (tertiary/aromatic N) is 6. The van der Waals surface area contributed by atoms with Gasteiger partial charge >= 0.3 is 0 Å². The summed E-state index contributed by atoms with van der Waals surface area (Å²) in [5.41, 5.74) is 0. The fourth-order valence-electron chi connectivity index (χ4n) is 2.54. The van der Waals surface area contributed by atoms with Gasteiger partial charge in [-0.05, 0) is 19.1 Å². The molecule has 0 aliphatic carbocycles. The van der Waals surface area contributed by atoms with Crippen molar-refractivity contribution in [1.82, 2.24) is 29.1 Å². The second-order valence-corrected chi connectivity index (χ2v) is 8.00. The third kappa shape index (κ3) is 5.72. The van der Waals surface area contributed by atoms with Gasteiger partial charge in [0.25, 0.3) is 0 Å². The van der Waals surface area contributed by atoms with Crippen LogP contribution in [-0.2, 0) is 6.54 Å². The standard InChI is InChI=1S/C19H19N7O3S2.ClH/c1-2-26-16(6-8-22-26)29-14-9-12(30-15-5-3-4-7-20-15)10-21-18(14)24-19-23-17(25-31-19)13(28)11-27;/h3-10,13,27-28H,2,11H2,1H3,(H,21,23,24,25);1H. The van der Waals surface area contributed by atoms with Gasteiger partial charge in [0.05, 0.1) is 12.8 Å². The lowest BCUT2D eigenvalue weighted by molar-refractivity contribution is 0.0897. The predicted octanol–water partition coefficient (Wildman–Crippen LogP) is 3.68. The van der Waals surface area contributed by atoms with Crippen molar-refractivity contribution < 1.29 is 14.9 Å². The van der Waals surface area contributed by atoms with Crippen LogP contribution in [0.3, 0.4) is 0 Å². The van der Waals surface area contributed by atoms with Gasteiger partial charge in [-0.3, -0.25) is 0 Å². The van der Waals surface area contributed by atoms with Crippen LogP contribution in [0.25, 0.3) is 0 Å². The summed E-state index contributed by atoms with van der Waals surface area (Å²) in [6.45, 7) is 2.17. The van der Waals surface area contributed by atoms with E-state index in [4.69, 9.17) is 9.84 Å². The minimum Gasteiger partial charge on any atom is -0.435 e. The van der Waals surface area contributed by atoms with Crippen molar-refractivity contribution in [1.29, 1.82) is 0 Å². The Labute approximate surface area is 198 Å². The highest BCUT2D eigenvalue weighted by molar-refractivity contribution is 7.99.